The van der Waals surface area contributed by atoms with E-state index in [9.17, 15) is 0 Å². The van der Waals surface area contributed by atoms with Crippen LogP contribution in [-0.4, -0.2) is 21.8 Å². The number of aromatic nitrogens is 3. The molecule has 0 saturated heterocycles. The maximum Gasteiger partial charge on any atom is 0.142 e. The third-order valence-electron chi connectivity index (χ3n) is 2.99. The Morgan fingerprint density at radius 2 is 2.06 bits per heavy atom. The molecule has 0 bridgehead atoms. The lowest BCUT2D eigenvalue weighted by atomic mass is 10.1. The van der Waals surface area contributed by atoms with Gasteiger partial charge in [0.2, 0.25) is 0 Å². The van der Waals surface area contributed by atoms with Gasteiger partial charge in [0.05, 0.1) is 5.75 Å². The Morgan fingerprint density at radius 1 is 1.33 bits per heavy atom. The minimum atomic E-state index is 0.391. The van der Waals surface area contributed by atoms with Gasteiger partial charge in [-0.15, -0.1) is 22.0 Å². The van der Waals surface area contributed by atoms with E-state index in [1.54, 1.807) is 18.1 Å². The second kappa shape index (κ2) is 6.02. The van der Waals surface area contributed by atoms with Gasteiger partial charge in [-0.25, -0.2) is 0 Å². The molecule has 0 spiro atoms. The highest BCUT2D eigenvalue weighted by atomic mass is 32.2. The standard InChI is InChI=1S/C13H18N4S/c1-10(14-2)11-4-6-12(7-5-11)18-8-13-16-15-9-17(13)3/h4-7,9-10,14H,8H2,1-3H3. The monoisotopic (exact) mass is 262 g/mol. The summed E-state index contributed by atoms with van der Waals surface area (Å²) in [5.41, 5.74) is 1.31. The molecule has 0 aliphatic carbocycles. The molecule has 2 aromatic rings. The highest BCUT2D eigenvalue weighted by Gasteiger charge is 2.04. The lowest BCUT2D eigenvalue weighted by molar-refractivity contribution is 0.652. The van der Waals surface area contributed by atoms with Crippen LogP contribution in [0.4, 0.5) is 0 Å². The molecule has 18 heavy (non-hydrogen) atoms. The first kappa shape index (κ1) is 13.1. The van der Waals surface area contributed by atoms with Crippen molar-refractivity contribution in [2.24, 2.45) is 7.05 Å². The van der Waals surface area contributed by atoms with Gasteiger partial charge in [-0.3, -0.25) is 0 Å². The molecule has 96 valence electrons. The topological polar surface area (TPSA) is 42.7 Å². The Bertz CT molecular complexity index is 492. The van der Waals surface area contributed by atoms with Crippen LogP contribution < -0.4 is 5.32 Å². The van der Waals surface area contributed by atoms with E-state index in [1.807, 2.05) is 18.7 Å². The zero-order chi connectivity index (χ0) is 13.0. The summed E-state index contributed by atoms with van der Waals surface area (Å²) in [4.78, 5) is 1.25. The van der Waals surface area contributed by atoms with Crippen LogP contribution in [0.3, 0.4) is 0 Å². The lowest BCUT2D eigenvalue weighted by Crippen LogP contribution is -2.11. The summed E-state index contributed by atoms with van der Waals surface area (Å²) in [6.07, 6.45) is 1.73. The molecule has 0 radical (unpaired) electrons. The fraction of sp³-hybridized carbons (Fsp3) is 0.385. The number of hydrogen-bond acceptors (Lipinski definition) is 4. The van der Waals surface area contributed by atoms with Crippen molar-refractivity contribution in [3.8, 4) is 0 Å². The molecule has 0 amide bonds. The Balaban J connectivity index is 1.96. The Morgan fingerprint density at radius 3 is 2.61 bits per heavy atom. The molecular weight excluding hydrogens is 244 g/mol. The molecule has 1 aromatic carbocycles. The number of nitrogens with one attached hydrogen (secondary N) is 1. The SMILES string of the molecule is CNC(C)c1ccc(SCc2nncn2C)cc1. The third kappa shape index (κ3) is 3.11. The highest BCUT2D eigenvalue weighted by molar-refractivity contribution is 7.98. The number of nitrogens with zero attached hydrogens (tertiary/aromatic N) is 3. The van der Waals surface area contributed by atoms with Crippen molar-refractivity contribution >= 4 is 11.8 Å². The zero-order valence-electron chi connectivity index (χ0n) is 10.9. The van der Waals surface area contributed by atoms with E-state index >= 15 is 0 Å². The van der Waals surface area contributed by atoms with Gasteiger partial charge in [0.25, 0.3) is 0 Å². The molecule has 4 nitrogen and oxygen atoms in total. The van der Waals surface area contributed by atoms with Crippen molar-refractivity contribution in [3.05, 3.63) is 42.0 Å². The molecule has 5 heteroatoms. The quantitative estimate of drug-likeness (QED) is 0.840. The largest absolute Gasteiger partial charge is 0.320 e. The smallest absolute Gasteiger partial charge is 0.142 e. The molecule has 1 aromatic heterocycles. The van der Waals surface area contributed by atoms with Crippen LogP contribution in [0.1, 0.15) is 24.4 Å². The molecule has 0 aliphatic heterocycles. The van der Waals surface area contributed by atoms with E-state index < -0.39 is 0 Å². The summed E-state index contributed by atoms with van der Waals surface area (Å²) in [5.74, 6) is 1.84. The second-order valence-electron chi connectivity index (χ2n) is 4.23. The number of thioether (sulfide) groups is 1. The first-order valence-electron chi connectivity index (χ1n) is 5.93. The van der Waals surface area contributed by atoms with Crippen molar-refractivity contribution < 1.29 is 0 Å². The molecule has 2 rings (SSSR count). The van der Waals surface area contributed by atoms with Crippen LogP contribution in [-0.2, 0) is 12.8 Å². The predicted octanol–water partition coefficient (Wildman–Crippen LogP) is 2.39. The summed E-state index contributed by atoms with van der Waals surface area (Å²) in [7, 11) is 3.94. The number of rotatable bonds is 5. The van der Waals surface area contributed by atoms with Crippen LogP contribution in [0.2, 0.25) is 0 Å². The second-order valence-corrected chi connectivity index (χ2v) is 5.27. The summed E-state index contributed by atoms with van der Waals surface area (Å²) >= 11 is 1.78. The van der Waals surface area contributed by atoms with Crippen LogP contribution >= 0.6 is 11.8 Å². The van der Waals surface area contributed by atoms with Gasteiger partial charge in [0, 0.05) is 18.0 Å². The van der Waals surface area contributed by atoms with Crippen LogP contribution in [0.5, 0.6) is 0 Å². The maximum atomic E-state index is 4.07. The Labute approximate surface area is 112 Å². The molecule has 0 fully saturated rings. The first-order valence-corrected chi connectivity index (χ1v) is 6.92. The van der Waals surface area contributed by atoms with Gasteiger partial charge >= 0.3 is 0 Å². The average molecular weight is 262 g/mol. The molecule has 0 saturated carbocycles. The Kier molecular flexibility index (Phi) is 4.38. The Hall–Kier alpha value is -1.33. The van der Waals surface area contributed by atoms with E-state index in [0.29, 0.717) is 6.04 Å². The van der Waals surface area contributed by atoms with Crippen molar-refractivity contribution in [1.29, 1.82) is 0 Å². The minimum absolute atomic E-state index is 0.391. The van der Waals surface area contributed by atoms with Crippen molar-refractivity contribution in [2.75, 3.05) is 7.05 Å². The fourth-order valence-corrected chi connectivity index (χ4v) is 2.49. The zero-order valence-corrected chi connectivity index (χ0v) is 11.7. The van der Waals surface area contributed by atoms with Gasteiger partial charge in [0.15, 0.2) is 0 Å². The van der Waals surface area contributed by atoms with Crippen LogP contribution in [0.25, 0.3) is 0 Å². The van der Waals surface area contributed by atoms with E-state index in [4.69, 9.17) is 0 Å². The number of aryl methyl sites for hydroxylation is 1. The molecule has 1 atom stereocenters. The summed E-state index contributed by atoms with van der Waals surface area (Å²) in [5, 5.41) is 11.2. The normalized spacial score (nSPS) is 12.6. The van der Waals surface area contributed by atoms with Crippen LogP contribution in [0, 0.1) is 0 Å². The van der Waals surface area contributed by atoms with Crippen molar-refractivity contribution in [2.45, 2.75) is 23.6 Å². The minimum Gasteiger partial charge on any atom is -0.320 e. The molecule has 1 N–H and O–H groups in total. The van der Waals surface area contributed by atoms with E-state index in [2.05, 4.69) is 46.7 Å². The van der Waals surface area contributed by atoms with E-state index in [-0.39, 0.29) is 0 Å². The van der Waals surface area contributed by atoms with Gasteiger partial charge in [0.1, 0.15) is 12.2 Å². The molecule has 1 unspecified atom stereocenters. The van der Waals surface area contributed by atoms with E-state index in [0.717, 1.165) is 11.6 Å². The van der Waals surface area contributed by atoms with E-state index in [1.165, 1.54) is 10.5 Å². The fourth-order valence-electron chi connectivity index (χ4n) is 1.61. The van der Waals surface area contributed by atoms with Gasteiger partial charge in [-0.05, 0) is 31.7 Å². The van der Waals surface area contributed by atoms with Gasteiger partial charge in [-0.2, -0.15) is 0 Å². The van der Waals surface area contributed by atoms with Gasteiger partial charge in [-0.1, -0.05) is 12.1 Å². The third-order valence-corrected chi connectivity index (χ3v) is 3.99. The summed E-state index contributed by atoms with van der Waals surface area (Å²) < 4.78 is 1.95. The summed E-state index contributed by atoms with van der Waals surface area (Å²) in [6.45, 7) is 2.15. The summed E-state index contributed by atoms with van der Waals surface area (Å²) in [6, 6.07) is 9.04. The molecule has 0 aliphatic rings. The number of hydrogen-bond donors (Lipinski definition) is 1. The van der Waals surface area contributed by atoms with Crippen molar-refractivity contribution in [3.63, 3.8) is 0 Å². The maximum absolute atomic E-state index is 4.07. The molecule has 1 heterocycles. The molecular formula is C13H18N4S. The lowest BCUT2D eigenvalue weighted by Gasteiger charge is -2.10. The average Bonchev–Trinajstić information content (AvgIpc) is 2.81. The van der Waals surface area contributed by atoms with Crippen LogP contribution in [0.15, 0.2) is 35.5 Å². The van der Waals surface area contributed by atoms with Gasteiger partial charge < -0.3 is 9.88 Å². The number of benzene rings is 1. The van der Waals surface area contributed by atoms with Crippen molar-refractivity contribution in [1.82, 2.24) is 20.1 Å². The predicted molar refractivity (Wildman–Crippen MR) is 74.5 cm³/mol. The highest BCUT2D eigenvalue weighted by Crippen LogP contribution is 2.23. The first-order chi connectivity index (χ1) is 8.70.